The Morgan fingerprint density at radius 1 is 0.389 bits per heavy atom. The van der Waals surface area contributed by atoms with Crippen molar-refractivity contribution >= 4 is 22.1 Å². The van der Waals surface area contributed by atoms with E-state index in [2.05, 4.69) is 159 Å². The number of nitrogens with one attached hydrogen (secondary N) is 2. The van der Waals surface area contributed by atoms with Crippen LogP contribution in [0.1, 0.15) is 57.2 Å². The molecule has 0 spiro atoms. The summed E-state index contributed by atoms with van der Waals surface area (Å²) in [5, 5.41) is 24.0. The lowest BCUT2D eigenvalue weighted by Gasteiger charge is -2.13. The Bertz CT molecular complexity index is 2520. The van der Waals surface area contributed by atoms with Crippen molar-refractivity contribution in [2.75, 3.05) is 0 Å². The fourth-order valence-electron chi connectivity index (χ4n) is 7.93. The van der Waals surface area contributed by atoms with Crippen LogP contribution in [0, 0.1) is 27.7 Å². The van der Waals surface area contributed by atoms with Crippen LogP contribution in [0.4, 0.5) is 0 Å². The second kappa shape index (κ2) is 13.4. The molecule has 0 amide bonds. The molecule has 7 aromatic rings. The second-order valence-electron chi connectivity index (χ2n) is 14.8. The van der Waals surface area contributed by atoms with Crippen LogP contribution >= 0.6 is 0 Å². The summed E-state index contributed by atoms with van der Waals surface area (Å²) in [7, 11) is 0. The first-order chi connectivity index (χ1) is 26.2. The summed E-state index contributed by atoms with van der Waals surface area (Å²) in [6.07, 6.45) is -0.971. The highest BCUT2D eigenvalue weighted by atomic mass is 16.3. The highest BCUT2D eigenvalue weighted by Crippen LogP contribution is 2.44. The topological polar surface area (TPSA) is 97.8 Å². The molecule has 3 aromatic heterocycles. The van der Waals surface area contributed by atoms with Crippen LogP contribution in [-0.2, 0) is 12.8 Å². The molecule has 0 aliphatic carbocycles. The summed E-state index contributed by atoms with van der Waals surface area (Å²) >= 11 is 0. The molecule has 6 nitrogen and oxygen atoms in total. The van der Waals surface area contributed by atoms with Crippen LogP contribution in [0.25, 0.3) is 66.6 Å². The van der Waals surface area contributed by atoms with Gasteiger partial charge in [-0.15, -0.1) is 0 Å². The number of aryl methyl sites for hydroxylation is 6. The first-order valence-electron chi connectivity index (χ1n) is 18.6. The number of aromatic nitrogens is 4. The molecule has 4 N–H and O–H groups in total. The lowest BCUT2D eigenvalue weighted by Crippen LogP contribution is -2.05. The van der Waals surface area contributed by atoms with Gasteiger partial charge < -0.3 is 20.2 Å². The van der Waals surface area contributed by atoms with Gasteiger partial charge in [0.2, 0.25) is 0 Å². The molecule has 266 valence electrons. The van der Waals surface area contributed by atoms with Gasteiger partial charge in [0.1, 0.15) is 12.2 Å². The monoisotopic (exact) mass is 706 g/mol. The molecular formula is C48H42N4O2. The van der Waals surface area contributed by atoms with E-state index in [1.807, 2.05) is 0 Å². The number of nitrogens with zero attached hydrogens (tertiary/aromatic N) is 2. The van der Waals surface area contributed by atoms with Gasteiger partial charge in [0.15, 0.2) is 0 Å². The van der Waals surface area contributed by atoms with Gasteiger partial charge in [-0.05, 0) is 87.1 Å². The van der Waals surface area contributed by atoms with Crippen LogP contribution in [-0.4, -0.2) is 30.1 Å². The zero-order valence-electron chi connectivity index (χ0n) is 30.9. The second-order valence-corrected chi connectivity index (χ2v) is 14.8. The smallest absolute Gasteiger partial charge is 0.128 e. The summed E-state index contributed by atoms with van der Waals surface area (Å²) in [5.74, 6) is 0. The fourth-order valence-corrected chi connectivity index (χ4v) is 7.93. The third kappa shape index (κ3) is 5.94. The normalized spacial score (nSPS) is 15.4. The van der Waals surface area contributed by atoms with Crippen LogP contribution in [0.15, 0.2) is 121 Å². The molecule has 2 aliphatic rings. The van der Waals surface area contributed by atoms with Crippen LogP contribution < -0.4 is 0 Å². The summed E-state index contributed by atoms with van der Waals surface area (Å²) in [6, 6.07) is 42.0. The molecule has 4 aromatic carbocycles. The fraction of sp³-hybridized carbons (Fsp3) is 0.167. The Morgan fingerprint density at radius 2 is 0.667 bits per heavy atom. The van der Waals surface area contributed by atoms with E-state index >= 15 is 0 Å². The number of benzene rings is 4. The van der Waals surface area contributed by atoms with Gasteiger partial charge in [-0.3, -0.25) is 9.97 Å². The Balaban J connectivity index is 1.49. The van der Waals surface area contributed by atoms with Gasteiger partial charge in [-0.2, -0.15) is 0 Å². The number of aliphatic hydroxyl groups is 2. The lowest BCUT2D eigenvalue weighted by molar-refractivity contribution is 0.0260. The van der Waals surface area contributed by atoms with Gasteiger partial charge in [-0.1, -0.05) is 119 Å². The molecule has 5 heterocycles. The summed E-state index contributed by atoms with van der Waals surface area (Å²) < 4.78 is 0. The highest BCUT2D eigenvalue weighted by molar-refractivity contribution is 5.92. The van der Waals surface area contributed by atoms with Crippen molar-refractivity contribution in [3.05, 3.63) is 166 Å². The first kappa shape index (κ1) is 33.7. The average molecular weight is 707 g/mol. The number of rotatable bonds is 4. The van der Waals surface area contributed by atoms with E-state index < -0.39 is 12.2 Å². The largest absolute Gasteiger partial charge is 0.384 e. The van der Waals surface area contributed by atoms with E-state index in [9.17, 15) is 10.2 Å². The standard InChI is InChI=1S/C48H42N4O2/c1-27-5-13-31(14-6-27)41-35-21-22-36(49-35)42(32-15-7-28(2)8-16-32)38-24-26-40(51-38)44(34-19-11-30(4)12-20-34)46-48(54)47(53)45(52-46)43(39-25-23-37(41)50-39)33-17-9-29(3)10-18-33/h5-20,23-26,47-48,50-51,53-54H,21-22H2,1-4H3/t47-,48+. The molecule has 2 aliphatic heterocycles. The molecule has 0 unspecified atom stereocenters. The lowest BCUT2D eigenvalue weighted by atomic mass is 9.97. The van der Waals surface area contributed by atoms with Crippen molar-refractivity contribution in [2.24, 2.45) is 0 Å². The van der Waals surface area contributed by atoms with E-state index in [0.29, 0.717) is 11.4 Å². The van der Waals surface area contributed by atoms with Crippen LogP contribution in [0.3, 0.4) is 0 Å². The van der Waals surface area contributed by atoms with E-state index in [0.717, 1.165) is 102 Å². The molecule has 8 bridgehead atoms. The Labute approximate surface area is 314 Å². The molecule has 0 fully saturated rings. The number of H-pyrrole nitrogens is 2. The van der Waals surface area contributed by atoms with Crippen LogP contribution in [0.2, 0.25) is 0 Å². The zero-order chi connectivity index (χ0) is 37.1. The maximum atomic E-state index is 12.0. The molecule has 2 atom stereocenters. The van der Waals surface area contributed by atoms with Crippen molar-refractivity contribution < 1.29 is 10.2 Å². The molecular weight excluding hydrogens is 665 g/mol. The summed E-state index contributed by atoms with van der Waals surface area (Å²) in [6.45, 7) is 8.32. The Hall–Kier alpha value is -6.08. The number of fused-ring (bicyclic) bond motifs is 8. The number of aromatic amines is 2. The molecule has 6 heteroatoms. The predicted molar refractivity (Wildman–Crippen MR) is 219 cm³/mol. The zero-order valence-corrected chi connectivity index (χ0v) is 30.9. The van der Waals surface area contributed by atoms with Gasteiger partial charge >= 0.3 is 0 Å². The molecule has 0 radical (unpaired) electrons. The van der Waals surface area contributed by atoms with Crippen molar-refractivity contribution in [2.45, 2.75) is 52.7 Å². The van der Waals surface area contributed by atoms with Crippen LogP contribution in [0.5, 0.6) is 0 Å². The highest BCUT2D eigenvalue weighted by Gasteiger charge is 2.34. The van der Waals surface area contributed by atoms with Gasteiger partial charge in [-0.25, -0.2) is 0 Å². The van der Waals surface area contributed by atoms with Crippen molar-refractivity contribution in [1.82, 2.24) is 19.9 Å². The molecule has 0 saturated carbocycles. The number of hydrogen-bond acceptors (Lipinski definition) is 4. The van der Waals surface area contributed by atoms with Gasteiger partial charge in [0.25, 0.3) is 0 Å². The molecule has 9 rings (SSSR count). The quantitative estimate of drug-likeness (QED) is 0.146. The first-order valence-corrected chi connectivity index (χ1v) is 18.6. The molecule has 54 heavy (non-hydrogen) atoms. The maximum absolute atomic E-state index is 12.0. The number of aliphatic hydroxyl groups excluding tert-OH is 2. The van der Waals surface area contributed by atoms with Gasteiger partial charge in [0.05, 0.1) is 22.8 Å². The average Bonchev–Trinajstić information content (AvgIpc) is 4.00. The predicted octanol–water partition coefficient (Wildman–Crippen LogP) is 10.8. The summed E-state index contributed by atoms with van der Waals surface area (Å²) in [5.41, 5.74) is 18.4. The van der Waals surface area contributed by atoms with E-state index in [-0.39, 0.29) is 0 Å². The maximum Gasteiger partial charge on any atom is 0.128 e. The van der Waals surface area contributed by atoms with Crippen molar-refractivity contribution in [3.63, 3.8) is 0 Å². The molecule has 0 saturated heterocycles. The third-order valence-electron chi connectivity index (χ3n) is 10.9. The summed E-state index contributed by atoms with van der Waals surface area (Å²) in [4.78, 5) is 18.2. The van der Waals surface area contributed by atoms with Gasteiger partial charge in [0, 0.05) is 44.3 Å². The minimum absolute atomic E-state index is 0.413. The van der Waals surface area contributed by atoms with Crippen molar-refractivity contribution in [1.29, 1.82) is 0 Å². The SMILES string of the molecule is Cc1ccc(-c2c3nc(c(-c4ccc(C)cc4)c4ccc([nH]4)c(-c4ccc(C)cc4)c4nc(c(-c5ccc(C)cc5)c5ccc2[nH]5)[C@@H](O)[C@H]4O)CC3)cc1. The van der Waals surface area contributed by atoms with E-state index in [1.54, 1.807) is 0 Å². The van der Waals surface area contributed by atoms with E-state index in [1.165, 1.54) is 11.1 Å². The minimum atomic E-state index is -1.26. The third-order valence-corrected chi connectivity index (χ3v) is 10.9. The van der Waals surface area contributed by atoms with E-state index in [4.69, 9.17) is 9.97 Å². The minimum Gasteiger partial charge on any atom is -0.384 e. The Kier molecular flexibility index (Phi) is 8.37. The Morgan fingerprint density at radius 3 is 0.981 bits per heavy atom. The number of hydrogen-bond donors (Lipinski definition) is 4. The van der Waals surface area contributed by atoms with Crippen molar-refractivity contribution in [3.8, 4) is 44.5 Å².